The van der Waals surface area contributed by atoms with Gasteiger partial charge in [0.15, 0.2) is 9.84 Å². The molecule has 0 aromatic carbocycles. The summed E-state index contributed by atoms with van der Waals surface area (Å²) in [5.41, 5.74) is 0.772. The van der Waals surface area contributed by atoms with E-state index in [1.54, 1.807) is 32.1 Å². The van der Waals surface area contributed by atoms with Crippen molar-refractivity contribution in [1.29, 1.82) is 0 Å². The van der Waals surface area contributed by atoms with Crippen LogP contribution in [0.4, 0.5) is 0 Å². The van der Waals surface area contributed by atoms with Crippen molar-refractivity contribution in [3.63, 3.8) is 0 Å². The van der Waals surface area contributed by atoms with Crippen molar-refractivity contribution in [1.82, 2.24) is 4.98 Å². The molecule has 5 nitrogen and oxygen atoms in total. The Morgan fingerprint density at radius 3 is 2.42 bits per heavy atom. The second-order valence-corrected chi connectivity index (χ2v) is 10.7. The third kappa shape index (κ3) is 7.30. The van der Waals surface area contributed by atoms with E-state index in [-0.39, 0.29) is 18.1 Å². The molecule has 1 rings (SSSR count). The molecule has 0 unspecified atom stereocenters. The van der Waals surface area contributed by atoms with Gasteiger partial charge in [0.05, 0.1) is 34.7 Å². The Morgan fingerprint density at radius 2 is 1.79 bits per heavy atom. The van der Waals surface area contributed by atoms with Crippen molar-refractivity contribution in [3.8, 4) is 0 Å². The van der Waals surface area contributed by atoms with Crippen LogP contribution in [0.1, 0.15) is 63.6 Å². The van der Waals surface area contributed by atoms with E-state index in [1.165, 1.54) is 7.11 Å². The third-order valence-electron chi connectivity index (χ3n) is 3.89. The highest BCUT2D eigenvalue weighted by Crippen LogP contribution is 2.19. The summed E-state index contributed by atoms with van der Waals surface area (Å²) < 4.78 is 27.9. The Hall–Kier alpha value is -0.950. The van der Waals surface area contributed by atoms with Gasteiger partial charge in [0.2, 0.25) is 0 Å². The molecule has 0 aliphatic heterocycles. The van der Waals surface area contributed by atoms with Gasteiger partial charge in [0, 0.05) is 5.38 Å². The van der Waals surface area contributed by atoms with Gasteiger partial charge in [-0.25, -0.2) is 13.4 Å². The average Bonchev–Trinajstić information content (AvgIpc) is 2.92. The van der Waals surface area contributed by atoms with Gasteiger partial charge in [-0.15, -0.1) is 11.3 Å². The van der Waals surface area contributed by atoms with E-state index >= 15 is 0 Å². The fourth-order valence-electron chi connectivity index (χ4n) is 2.17. The van der Waals surface area contributed by atoms with Crippen molar-refractivity contribution in [2.24, 2.45) is 0 Å². The minimum atomic E-state index is -2.99. The zero-order valence-electron chi connectivity index (χ0n) is 15.1. The highest BCUT2D eigenvalue weighted by Gasteiger charge is 2.27. The Balaban J connectivity index is 2.16. The Labute approximate surface area is 149 Å². The first-order chi connectivity index (χ1) is 11.2. The van der Waals surface area contributed by atoms with Crippen LogP contribution in [-0.4, -0.2) is 37.0 Å². The lowest BCUT2D eigenvalue weighted by Crippen LogP contribution is -2.30. The normalized spacial score (nSPS) is 12.3. The minimum Gasteiger partial charge on any atom is -0.469 e. The van der Waals surface area contributed by atoms with Crippen LogP contribution >= 0.6 is 11.3 Å². The number of aromatic nitrogens is 1. The largest absolute Gasteiger partial charge is 0.469 e. The van der Waals surface area contributed by atoms with Crippen LogP contribution in [0.15, 0.2) is 5.38 Å². The lowest BCUT2D eigenvalue weighted by Gasteiger charge is -2.18. The molecule has 0 spiro atoms. The van der Waals surface area contributed by atoms with Crippen LogP contribution in [0.2, 0.25) is 0 Å². The lowest BCUT2D eigenvalue weighted by molar-refractivity contribution is -0.139. The number of rotatable bonds is 10. The second-order valence-electron chi connectivity index (χ2n) is 6.93. The number of hydrogen-bond donors (Lipinski definition) is 0. The van der Waals surface area contributed by atoms with E-state index in [1.807, 2.05) is 5.38 Å². The zero-order valence-corrected chi connectivity index (χ0v) is 16.8. The fourth-order valence-corrected chi connectivity index (χ4v) is 4.21. The fraction of sp³-hybridized carbons (Fsp3) is 0.765. The van der Waals surface area contributed by atoms with Crippen molar-refractivity contribution in [2.45, 2.75) is 70.5 Å². The third-order valence-corrected chi connectivity index (χ3v) is 7.54. The quantitative estimate of drug-likeness (QED) is 0.462. The van der Waals surface area contributed by atoms with Crippen LogP contribution in [0.5, 0.6) is 0 Å². The molecular weight excluding hydrogens is 346 g/mol. The Morgan fingerprint density at radius 1 is 1.17 bits per heavy atom. The number of methoxy groups -OCH3 is 1. The smallest absolute Gasteiger partial charge is 0.311 e. The number of carbonyl (C=O) groups is 1. The lowest BCUT2D eigenvalue weighted by atomic mass is 10.1. The number of nitrogens with zero attached hydrogens (tertiary/aromatic N) is 1. The van der Waals surface area contributed by atoms with Crippen LogP contribution in [0, 0.1) is 0 Å². The molecule has 0 radical (unpaired) electrons. The summed E-state index contributed by atoms with van der Waals surface area (Å²) in [6, 6.07) is 0. The molecule has 7 heteroatoms. The number of aryl methyl sites for hydroxylation is 1. The van der Waals surface area contributed by atoms with Crippen LogP contribution in [-0.2, 0) is 32.2 Å². The molecule has 0 N–H and O–H groups in total. The van der Waals surface area contributed by atoms with Gasteiger partial charge in [0.25, 0.3) is 0 Å². The van der Waals surface area contributed by atoms with Gasteiger partial charge in [-0.3, -0.25) is 4.79 Å². The molecular formula is C17H29NO4S2. The topological polar surface area (TPSA) is 73.3 Å². The molecule has 0 saturated heterocycles. The molecule has 0 amide bonds. The summed E-state index contributed by atoms with van der Waals surface area (Å²) in [6.45, 7) is 5.26. The van der Waals surface area contributed by atoms with E-state index in [2.05, 4.69) is 9.72 Å². The first-order valence-corrected chi connectivity index (χ1v) is 10.9. The molecule has 1 aromatic heterocycles. The molecule has 0 aliphatic rings. The monoisotopic (exact) mass is 375 g/mol. The summed E-state index contributed by atoms with van der Waals surface area (Å²) in [5, 5.41) is 2.95. The molecule has 0 atom stereocenters. The SMILES string of the molecule is COC(=O)Cc1csc(CCCCCCCS(=O)(=O)C(C)(C)C)n1. The van der Waals surface area contributed by atoms with E-state index < -0.39 is 14.6 Å². The number of sulfone groups is 1. The van der Waals surface area contributed by atoms with Gasteiger partial charge in [-0.05, 0) is 40.0 Å². The van der Waals surface area contributed by atoms with Crippen LogP contribution in [0.3, 0.4) is 0 Å². The molecule has 0 fully saturated rings. The van der Waals surface area contributed by atoms with Crippen molar-refractivity contribution < 1.29 is 17.9 Å². The number of thiazole rings is 1. The number of hydrogen-bond acceptors (Lipinski definition) is 6. The standard InChI is InChI=1S/C17H29NO4S2/c1-17(2,3)24(20,21)11-9-7-5-6-8-10-15-18-14(13-23-15)12-16(19)22-4/h13H,5-12H2,1-4H3. The number of carbonyl (C=O) groups excluding carboxylic acids is 1. The maximum Gasteiger partial charge on any atom is 0.311 e. The van der Waals surface area contributed by atoms with Crippen LogP contribution < -0.4 is 0 Å². The summed E-state index contributed by atoms with van der Waals surface area (Å²) in [4.78, 5) is 15.6. The first-order valence-electron chi connectivity index (χ1n) is 8.38. The molecule has 1 aromatic rings. The highest BCUT2D eigenvalue weighted by molar-refractivity contribution is 7.92. The van der Waals surface area contributed by atoms with Crippen LogP contribution in [0.25, 0.3) is 0 Å². The summed E-state index contributed by atoms with van der Waals surface area (Å²) in [5.74, 6) is 0.0110. The Bertz CT molecular complexity index is 615. The predicted molar refractivity (Wildman–Crippen MR) is 98.2 cm³/mol. The molecule has 0 aliphatic carbocycles. The maximum absolute atomic E-state index is 12.0. The van der Waals surface area contributed by atoms with E-state index in [0.717, 1.165) is 49.2 Å². The van der Waals surface area contributed by atoms with E-state index in [9.17, 15) is 13.2 Å². The number of esters is 1. The van der Waals surface area contributed by atoms with Gasteiger partial charge < -0.3 is 4.74 Å². The number of ether oxygens (including phenoxy) is 1. The highest BCUT2D eigenvalue weighted by atomic mass is 32.2. The molecule has 24 heavy (non-hydrogen) atoms. The molecule has 1 heterocycles. The van der Waals surface area contributed by atoms with Crippen molar-refractivity contribution in [2.75, 3.05) is 12.9 Å². The summed E-state index contributed by atoms with van der Waals surface area (Å²) in [6.07, 6.45) is 5.97. The zero-order chi connectivity index (χ0) is 18.2. The van der Waals surface area contributed by atoms with Crippen molar-refractivity contribution >= 4 is 27.1 Å². The second kappa shape index (κ2) is 9.51. The molecule has 0 saturated carbocycles. The predicted octanol–water partition coefficient (Wildman–Crippen LogP) is 3.56. The Kier molecular flexibility index (Phi) is 8.36. The van der Waals surface area contributed by atoms with Gasteiger partial charge >= 0.3 is 5.97 Å². The van der Waals surface area contributed by atoms with Crippen molar-refractivity contribution in [3.05, 3.63) is 16.1 Å². The van der Waals surface area contributed by atoms with E-state index in [0.29, 0.717) is 0 Å². The maximum atomic E-state index is 12.0. The molecule has 0 bridgehead atoms. The summed E-state index contributed by atoms with van der Waals surface area (Å²) >= 11 is 1.58. The number of unbranched alkanes of at least 4 members (excludes halogenated alkanes) is 4. The van der Waals surface area contributed by atoms with E-state index in [4.69, 9.17) is 0 Å². The van der Waals surface area contributed by atoms with Gasteiger partial charge in [-0.1, -0.05) is 19.3 Å². The minimum absolute atomic E-state index is 0.231. The summed E-state index contributed by atoms with van der Waals surface area (Å²) in [7, 11) is -1.61. The first kappa shape index (κ1) is 21.1. The molecule has 138 valence electrons. The average molecular weight is 376 g/mol. The van der Waals surface area contributed by atoms with Gasteiger partial charge in [0.1, 0.15) is 0 Å². The van der Waals surface area contributed by atoms with Gasteiger partial charge in [-0.2, -0.15) is 0 Å².